The summed E-state index contributed by atoms with van der Waals surface area (Å²) < 4.78 is 33.7. The minimum atomic E-state index is -3.74. The van der Waals surface area contributed by atoms with Gasteiger partial charge in [0.25, 0.3) is 10.0 Å². The summed E-state index contributed by atoms with van der Waals surface area (Å²) in [6, 6.07) is 11.4. The molecule has 6 heteroatoms. The van der Waals surface area contributed by atoms with Gasteiger partial charge in [0, 0.05) is 5.56 Å². The average molecular weight is 373 g/mol. The van der Waals surface area contributed by atoms with Gasteiger partial charge in [0.05, 0.1) is 16.7 Å². The van der Waals surface area contributed by atoms with Gasteiger partial charge >= 0.3 is 0 Å². The van der Waals surface area contributed by atoms with Crippen molar-refractivity contribution in [3.05, 3.63) is 53.6 Å². The third-order valence-electron chi connectivity index (χ3n) is 4.63. The summed E-state index contributed by atoms with van der Waals surface area (Å²) >= 11 is 0. The van der Waals surface area contributed by atoms with E-state index in [-0.39, 0.29) is 16.8 Å². The van der Waals surface area contributed by atoms with Crippen LogP contribution in [0.2, 0.25) is 0 Å². The molecule has 0 heterocycles. The van der Waals surface area contributed by atoms with Crippen molar-refractivity contribution < 1.29 is 17.9 Å². The van der Waals surface area contributed by atoms with E-state index in [9.17, 15) is 13.2 Å². The molecule has 0 bridgehead atoms. The third-order valence-corrected chi connectivity index (χ3v) is 6.01. The first-order valence-corrected chi connectivity index (χ1v) is 10.2. The molecule has 0 aromatic heterocycles. The van der Waals surface area contributed by atoms with Gasteiger partial charge in [0.2, 0.25) is 0 Å². The maximum absolute atomic E-state index is 12.7. The lowest BCUT2D eigenvalue weighted by atomic mass is 10.1. The van der Waals surface area contributed by atoms with Crippen LogP contribution in [-0.2, 0) is 10.0 Å². The van der Waals surface area contributed by atoms with E-state index < -0.39 is 10.0 Å². The molecule has 5 nitrogen and oxygen atoms in total. The van der Waals surface area contributed by atoms with Gasteiger partial charge in [-0.2, -0.15) is 0 Å². The lowest BCUT2D eigenvalue weighted by molar-refractivity contribution is 0.101. The molecule has 0 unspecified atom stereocenters. The van der Waals surface area contributed by atoms with E-state index in [2.05, 4.69) is 4.72 Å². The molecule has 26 heavy (non-hydrogen) atoms. The van der Waals surface area contributed by atoms with Gasteiger partial charge in [-0.15, -0.1) is 0 Å². The molecule has 138 valence electrons. The normalized spacial score (nSPS) is 15.0. The molecule has 1 aliphatic rings. The van der Waals surface area contributed by atoms with Crippen molar-refractivity contribution >= 4 is 21.5 Å². The van der Waals surface area contributed by atoms with E-state index in [4.69, 9.17) is 4.74 Å². The Kier molecular flexibility index (Phi) is 5.32. The SMILES string of the molecule is CC(=O)c1ccc(C)c(NS(=O)(=O)c2ccc(OC3CCCC3)cc2)c1. The molecule has 1 fully saturated rings. The Morgan fingerprint density at radius 1 is 1.08 bits per heavy atom. The van der Waals surface area contributed by atoms with Crippen molar-refractivity contribution in [1.29, 1.82) is 0 Å². The predicted octanol–water partition coefficient (Wildman–Crippen LogP) is 4.32. The van der Waals surface area contributed by atoms with E-state index in [0.717, 1.165) is 18.4 Å². The highest BCUT2D eigenvalue weighted by atomic mass is 32.2. The molecule has 2 aromatic carbocycles. The van der Waals surface area contributed by atoms with Crippen LogP contribution in [0.3, 0.4) is 0 Å². The van der Waals surface area contributed by atoms with Crippen LogP contribution in [0.4, 0.5) is 5.69 Å². The Morgan fingerprint density at radius 3 is 2.35 bits per heavy atom. The zero-order valence-corrected chi connectivity index (χ0v) is 15.8. The summed E-state index contributed by atoms with van der Waals surface area (Å²) in [5.41, 5.74) is 1.62. The Balaban J connectivity index is 1.77. The van der Waals surface area contributed by atoms with Crippen LogP contribution >= 0.6 is 0 Å². The van der Waals surface area contributed by atoms with E-state index in [0.29, 0.717) is 17.0 Å². The van der Waals surface area contributed by atoms with E-state index in [1.54, 1.807) is 37.3 Å². The average Bonchev–Trinajstić information content (AvgIpc) is 3.10. The number of hydrogen-bond donors (Lipinski definition) is 1. The molecule has 1 N–H and O–H groups in total. The van der Waals surface area contributed by atoms with Crippen LogP contribution < -0.4 is 9.46 Å². The van der Waals surface area contributed by atoms with Crippen LogP contribution in [0.25, 0.3) is 0 Å². The number of hydrogen-bond acceptors (Lipinski definition) is 4. The summed E-state index contributed by atoms with van der Waals surface area (Å²) in [6.45, 7) is 3.24. The summed E-state index contributed by atoms with van der Waals surface area (Å²) in [6.07, 6.45) is 4.69. The third kappa shape index (κ3) is 4.25. The number of ether oxygens (including phenoxy) is 1. The Morgan fingerprint density at radius 2 is 1.73 bits per heavy atom. The molecular weight excluding hydrogens is 350 g/mol. The topological polar surface area (TPSA) is 72.5 Å². The maximum atomic E-state index is 12.7. The standard InChI is InChI=1S/C20H23NO4S/c1-14-7-8-16(15(2)22)13-20(14)21-26(23,24)19-11-9-18(10-12-19)25-17-5-3-4-6-17/h7-13,17,21H,3-6H2,1-2H3. The molecule has 3 rings (SSSR count). The van der Waals surface area contributed by atoms with Crippen molar-refractivity contribution in [3.63, 3.8) is 0 Å². The van der Waals surface area contributed by atoms with Gasteiger partial charge in [0.1, 0.15) is 5.75 Å². The van der Waals surface area contributed by atoms with Crippen molar-refractivity contribution in [2.24, 2.45) is 0 Å². The Hall–Kier alpha value is -2.34. The van der Waals surface area contributed by atoms with Crippen molar-refractivity contribution in [1.82, 2.24) is 0 Å². The molecule has 1 aliphatic carbocycles. The second-order valence-corrected chi connectivity index (χ2v) is 8.37. The van der Waals surface area contributed by atoms with E-state index in [1.807, 2.05) is 0 Å². The smallest absolute Gasteiger partial charge is 0.261 e. The largest absolute Gasteiger partial charge is 0.490 e. The van der Waals surface area contributed by atoms with E-state index in [1.165, 1.54) is 31.9 Å². The summed E-state index contributed by atoms with van der Waals surface area (Å²) in [4.78, 5) is 11.7. The summed E-state index contributed by atoms with van der Waals surface area (Å²) in [7, 11) is -3.74. The van der Waals surface area contributed by atoms with Gasteiger partial charge in [-0.05, 0) is 75.4 Å². The number of carbonyl (C=O) groups is 1. The number of anilines is 1. The van der Waals surface area contributed by atoms with Gasteiger partial charge in [-0.1, -0.05) is 12.1 Å². The summed E-state index contributed by atoms with van der Waals surface area (Å²) in [5, 5.41) is 0. The van der Waals surface area contributed by atoms with Gasteiger partial charge in [0.15, 0.2) is 5.78 Å². The zero-order chi connectivity index (χ0) is 18.7. The first kappa shape index (κ1) is 18.5. The lowest BCUT2D eigenvalue weighted by Crippen LogP contribution is -2.15. The second-order valence-electron chi connectivity index (χ2n) is 6.69. The quantitative estimate of drug-likeness (QED) is 0.766. The van der Waals surface area contributed by atoms with Crippen LogP contribution in [-0.4, -0.2) is 20.3 Å². The monoisotopic (exact) mass is 373 g/mol. The highest BCUT2D eigenvalue weighted by Crippen LogP contribution is 2.26. The minimum absolute atomic E-state index is 0.112. The van der Waals surface area contributed by atoms with Crippen LogP contribution in [0, 0.1) is 6.92 Å². The van der Waals surface area contributed by atoms with Gasteiger partial charge in [-0.3, -0.25) is 9.52 Å². The Labute approximate surface area is 154 Å². The number of benzene rings is 2. The van der Waals surface area contributed by atoms with Crippen molar-refractivity contribution in [2.75, 3.05) is 4.72 Å². The highest BCUT2D eigenvalue weighted by molar-refractivity contribution is 7.92. The fourth-order valence-electron chi connectivity index (χ4n) is 3.05. The van der Waals surface area contributed by atoms with E-state index >= 15 is 0 Å². The van der Waals surface area contributed by atoms with Gasteiger partial charge < -0.3 is 4.74 Å². The van der Waals surface area contributed by atoms with Crippen molar-refractivity contribution in [3.8, 4) is 5.75 Å². The fraction of sp³-hybridized carbons (Fsp3) is 0.350. The van der Waals surface area contributed by atoms with Gasteiger partial charge in [-0.25, -0.2) is 8.42 Å². The number of aryl methyl sites for hydroxylation is 1. The zero-order valence-electron chi connectivity index (χ0n) is 15.0. The molecule has 0 aliphatic heterocycles. The number of ketones is 1. The fourth-order valence-corrected chi connectivity index (χ4v) is 4.17. The highest BCUT2D eigenvalue weighted by Gasteiger charge is 2.19. The number of nitrogens with one attached hydrogen (secondary N) is 1. The molecule has 1 saturated carbocycles. The number of Topliss-reactive ketones (excluding diaryl/α,β-unsaturated/α-hetero) is 1. The molecule has 0 saturated heterocycles. The number of sulfonamides is 1. The number of carbonyl (C=O) groups excluding carboxylic acids is 1. The molecule has 2 aromatic rings. The maximum Gasteiger partial charge on any atom is 0.261 e. The first-order chi connectivity index (χ1) is 12.3. The molecule has 0 spiro atoms. The first-order valence-electron chi connectivity index (χ1n) is 8.76. The molecule has 0 radical (unpaired) electrons. The van der Waals surface area contributed by atoms with Crippen LogP contribution in [0.15, 0.2) is 47.4 Å². The molecular formula is C20H23NO4S. The Bertz CT molecular complexity index is 898. The van der Waals surface area contributed by atoms with Crippen LogP contribution in [0.5, 0.6) is 5.75 Å². The molecule has 0 atom stereocenters. The lowest BCUT2D eigenvalue weighted by Gasteiger charge is -2.14. The summed E-state index contributed by atoms with van der Waals surface area (Å²) in [5.74, 6) is 0.574. The second kappa shape index (κ2) is 7.50. The number of rotatable bonds is 6. The van der Waals surface area contributed by atoms with Crippen LogP contribution in [0.1, 0.15) is 48.5 Å². The van der Waals surface area contributed by atoms with Crippen molar-refractivity contribution in [2.45, 2.75) is 50.5 Å². The predicted molar refractivity (Wildman–Crippen MR) is 101 cm³/mol. The molecule has 0 amide bonds. The minimum Gasteiger partial charge on any atom is -0.490 e.